The van der Waals surface area contributed by atoms with Crippen molar-refractivity contribution in [3.8, 4) is 0 Å². The van der Waals surface area contributed by atoms with E-state index in [1.165, 1.54) is 11.1 Å². The van der Waals surface area contributed by atoms with Gasteiger partial charge in [-0.3, -0.25) is 14.4 Å². The fourth-order valence-corrected chi connectivity index (χ4v) is 3.10. The third-order valence-electron chi connectivity index (χ3n) is 4.38. The van der Waals surface area contributed by atoms with Gasteiger partial charge in [0.2, 0.25) is 11.8 Å². The number of ether oxygens (including phenoxy) is 1. The number of hydrogen-bond acceptors (Lipinski definition) is 6. The maximum Gasteiger partial charge on any atom is 0.254 e. The van der Waals surface area contributed by atoms with Gasteiger partial charge in [-0.1, -0.05) is 0 Å². The number of rotatable bonds is 7. The minimum Gasteiger partial charge on any atom is -0.372 e. The summed E-state index contributed by atoms with van der Waals surface area (Å²) >= 11 is 0. The molecule has 0 aliphatic carbocycles. The zero-order valence-electron chi connectivity index (χ0n) is 16.2. The average Bonchev–Trinajstić information content (AvgIpc) is 3.03. The van der Waals surface area contributed by atoms with Gasteiger partial charge < -0.3 is 20.3 Å². The molecule has 148 valence electrons. The number of carbonyl (C=O) groups excluding carboxylic acids is 3. The van der Waals surface area contributed by atoms with E-state index in [9.17, 15) is 14.4 Å². The summed E-state index contributed by atoms with van der Waals surface area (Å²) in [5.41, 5.74) is 0.969. The van der Waals surface area contributed by atoms with Gasteiger partial charge in [0.1, 0.15) is 18.5 Å². The standard InChI is InChI=1S/C18H27N5O4/c1-5-19-18(26)15-7-13(9-23(15)16(24)10-27-6-2)22-17(25)14-8-20-12(4)21-11(14)3/h8,13,15H,5-7,9-10H2,1-4H3,(H,19,26)(H,22,25)/t13-,15-/m0/s1. The highest BCUT2D eigenvalue weighted by Crippen LogP contribution is 2.19. The Hall–Kier alpha value is -2.55. The summed E-state index contributed by atoms with van der Waals surface area (Å²) in [6.45, 7) is 8.17. The lowest BCUT2D eigenvalue weighted by molar-refractivity contribution is -0.141. The Morgan fingerprint density at radius 1 is 1.30 bits per heavy atom. The monoisotopic (exact) mass is 377 g/mol. The maximum absolute atomic E-state index is 12.6. The molecule has 27 heavy (non-hydrogen) atoms. The van der Waals surface area contributed by atoms with Crippen LogP contribution >= 0.6 is 0 Å². The van der Waals surface area contributed by atoms with Gasteiger partial charge in [-0.15, -0.1) is 0 Å². The predicted octanol–water partition coefficient (Wildman–Crippen LogP) is -0.0347. The summed E-state index contributed by atoms with van der Waals surface area (Å²) in [7, 11) is 0. The SMILES string of the molecule is CCNC(=O)[C@@H]1C[C@H](NC(=O)c2cnc(C)nc2C)CN1C(=O)COCC. The molecule has 0 spiro atoms. The van der Waals surface area contributed by atoms with Crippen molar-refractivity contribution in [2.75, 3.05) is 26.3 Å². The molecular formula is C18H27N5O4. The van der Waals surface area contributed by atoms with E-state index in [2.05, 4.69) is 20.6 Å². The van der Waals surface area contributed by atoms with Crippen LogP contribution in [0, 0.1) is 13.8 Å². The molecule has 9 nitrogen and oxygen atoms in total. The van der Waals surface area contributed by atoms with Crippen molar-refractivity contribution in [2.24, 2.45) is 0 Å². The summed E-state index contributed by atoms with van der Waals surface area (Å²) in [6.07, 6.45) is 1.84. The predicted molar refractivity (Wildman–Crippen MR) is 98.1 cm³/mol. The second-order valence-electron chi connectivity index (χ2n) is 6.42. The fraction of sp³-hybridized carbons (Fsp3) is 0.611. The number of aromatic nitrogens is 2. The fourth-order valence-electron chi connectivity index (χ4n) is 3.10. The average molecular weight is 377 g/mol. The quantitative estimate of drug-likeness (QED) is 0.690. The molecule has 3 amide bonds. The summed E-state index contributed by atoms with van der Waals surface area (Å²) in [5, 5.41) is 5.63. The Balaban J connectivity index is 2.10. The van der Waals surface area contributed by atoms with Crippen LogP contribution < -0.4 is 10.6 Å². The first-order chi connectivity index (χ1) is 12.9. The van der Waals surface area contributed by atoms with Gasteiger partial charge in [-0.25, -0.2) is 9.97 Å². The smallest absolute Gasteiger partial charge is 0.254 e. The highest BCUT2D eigenvalue weighted by molar-refractivity contribution is 5.95. The van der Waals surface area contributed by atoms with Crippen LogP contribution in [0.4, 0.5) is 0 Å². The molecule has 2 N–H and O–H groups in total. The Morgan fingerprint density at radius 2 is 2.04 bits per heavy atom. The van der Waals surface area contributed by atoms with Crippen molar-refractivity contribution in [2.45, 2.75) is 46.2 Å². The molecule has 0 aromatic carbocycles. The Bertz CT molecular complexity index is 709. The van der Waals surface area contributed by atoms with Gasteiger partial charge in [0.25, 0.3) is 5.91 Å². The molecule has 1 saturated heterocycles. The first kappa shape index (κ1) is 20.8. The van der Waals surface area contributed by atoms with Crippen LogP contribution in [0.3, 0.4) is 0 Å². The lowest BCUT2D eigenvalue weighted by atomic mass is 10.1. The molecule has 2 rings (SSSR count). The largest absolute Gasteiger partial charge is 0.372 e. The van der Waals surface area contributed by atoms with Crippen LogP contribution in [0.25, 0.3) is 0 Å². The van der Waals surface area contributed by atoms with Gasteiger partial charge in [0.05, 0.1) is 11.3 Å². The van der Waals surface area contributed by atoms with E-state index in [0.29, 0.717) is 36.7 Å². The molecule has 2 heterocycles. The van der Waals surface area contributed by atoms with Gasteiger partial charge in [-0.05, 0) is 34.1 Å². The molecule has 9 heteroatoms. The summed E-state index contributed by atoms with van der Waals surface area (Å²) in [4.78, 5) is 47.1. The van der Waals surface area contributed by atoms with Crippen molar-refractivity contribution in [3.05, 3.63) is 23.3 Å². The minimum atomic E-state index is -0.626. The van der Waals surface area contributed by atoms with Gasteiger partial charge in [0, 0.05) is 31.9 Å². The molecular weight excluding hydrogens is 350 g/mol. The van der Waals surface area contributed by atoms with Crippen molar-refractivity contribution in [1.29, 1.82) is 0 Å². The number of aryl methyl sites for hydroxylation is 2. The van der Waals surface area contributed by atoms with Gasteiger partial charge in [-0.2, -0.15) is 0 Å². The third kappa shape index (κ3) is 5.22. The van der Waals surface area contributed by atoms with Crippen LogP contribution in [0.2, 0.25) is 0 Å². The first-order valence-electron chi connectivity index (χ1n) is 9.13. The molecule has 1 aliphatic heterocycles. The molecule has 0 unspecified atom stereocenters. The van der Waals surface area contributed by atoms with Crippen molar-refractivity contribution in [3.63, 3.8) is 0 Å². The van der Waals surface area contributed by atoms with Crippen molar-refractivity contribution in [1.82, 2.24) is 25.5 Å². The Morgan fingerprint density at radius 3 is 2.67 bits per heavy atom. The Labute approximate surface area is 158 Å². The highest BCUT2D eigenvalue weighted by atomic mass is 16.5. The van der Waals surface area contributed by atoms with Crippen LogP contribution in [-0.4, -0.2) is 71.0 Å². The molecule has 1 aromatic rings. The number of likely N-dealkylation sites (tertiary alicyclic amines) is 1. The summed E-state index contributed by atoms with van der Waals surface area (Å²) < 4.78 is 5.18. The number of amides is 3. The summed E-state index contributed by atoms with van der Waals surface area (Å²) in [5.74, 6) is -0.214. The van der Waals surface area contributed by atoms with E-state index in [0.717, 1.165) is 0 Å². The van der Waals surface area contributed by atoms with E-state index in [4.69, 9.17) is 4.74 Å². The number of hydrogen-bond donors (Lipinski definition) is 2. The van der Waals surface area contributed by atoms with E-state index in [-0.39, 0.29) is 36.9 Å². The van der Waals surface area contributed by atoms with Crippen LogP contribution in [0.1, 0.15) is 42.1 Å². The number of likely N-dealkylation sites (N-methyl/N-ethyl adjacent to an activating group) is 1. The first-order valence-corrected chi connectivity index (χ1v) is 9.13. The maximum atomic E-state index is 12.6. The van der Waals surface area contributed by atoms with E-state index in [1.807, 2.05) is 6.92 Å². The van der Waals surface area contributed by atoms with Gasteiger partial charge in [0.15, 0.2) is 0 Å². The van der Waals surface area contributed by atoms with Gasteiger partial charge >= 0.3 is 0 Å². The third-order valence-corrected chi connectivity index (χ3v) is 4.38. The lowest BCUT2D eigenvalue weighted by Crippen LogP contribution is -2.47. The molecule has 1 aliphatic rings. The van der Waals surface area contributed by atoms with E-state index < -0.39 is 6.04 Å². The van der Waals surface area contributed by atoms with E-state index >= 15 is 0 Å². The topological polar surface area (TPSA) is 114 Å². The zero-order valence-corrected chi connectivity index (χ0v) is 16.2. The molecule has 2 atom stereocenters. The van der Waals surface area contributed by atoms with Crippen molar-refractivity contribution < 1.29 is 19.1 Å². The summed E-state index contributed by atoms with van der Waals surface area (Å²) in [6, 6.07) is -0.963. The van der Waals surface area contributed by atoms with E-state index in [1.54, 1.807) is 20.8 Å². The number of nitrogens with one attached hydrogen (secondary N) is 2. The molecule has 0 saturated carbocycles. The number of carbonyl (C=O) groups is 3. The van der Waals surface area contributed by atoms with Crippen LogP contribution in [-0.2, 0) is 14.3 Å². The van der Waals surface area contributed by atoms with Crippen molar-refractivity contribution >= 4 is 17.7 Å². The van der Waals surface area contributed by atoms with Crippen LogP contribution in [0.15, 0.2) is 6.20 Å². The molecule has 0 bridgehead atoms. The zero-order chi connectivity index (χ0) is 20.0. The number of nitrogens with zero attached hydrogens (tertiary/aromatic N) is 3. The normalized spacial score (nSPS) is 19.0. The molecule has 0 radical (unpaired) electrons. The molecule has 1 fully saturated rings. The Kier molecular flexibility index (Phi) is 7.23. The second-order valence-corrected chi connectivity index (χ2v) is 6.42. The van der Waals surface area contributed by atoms with Crippen LogP contribution in [0.5, 0.6) is 0 Å². The lowest BCUT2D eigenvalue weighted by Gasteiger charge is -2.23. The second kappa shape index (κ2) is 9.40. The molecule has 1 aromatic heterocycles. The highest BCUT2D eigenvalue weighted by Gasteiger charge is 2.40. The minimum absolute atomic E-state index is 0.0853.